The highest BCUT2D eigenvalue weighted by Crippen LogP contribution is 2.44. The standard InChI is InChI=1S/C17H28N2O2/c20-16(17-8-2-1-4-12(17)10-18-11-17)19-14-5-3-6-15-13(14)7-9-21-15/h12-15,18H,1-11H2,(H,19,20)/t12-,13?,14?,15?,17+/m0/s1. The Hall–Kier alpha value is -0.610. The molecule has 5 atom stereocenters. The maximum atomic E-state index is 13.1. The molecule has 2 heterocycles. The van der Waals surface area contributed by atoms with Gasteiger partial charge in [-0.25, -0.2) is 0 Å². The Balaban J connectivity index is 1.47. The van der Waals surface area contributed by atoms with Gasteiger partial charge in [-0.05, 0) is 51.0 Å². The van der Waals surface area contributed by atoms with Gasteiger partial charge in [0.2, 0.25) is 5.91 Å². The molecule has 2 N–H and O–H groups in total. The molecule has 4 aliphatic rings. The molecule has 4 heteroatoms. The van der Waals surface area contributed by atoms with Gasteiger partial charge < -0.3 is 15.4 Å². The van der Waals surface area contributed by atoms with E-state index in [1.807, 2.05) is 0 Å². The van der Waals surface area contributed by atoms with E-state index in [0.717, 1.165) is 39.0 Å². The van der Waals surface area contributed by atoms with Crippen molar-refractivity contribution in [3.63, 3.8) is 0 Å². The van der Waals surface area contributed by atoms with Gasteiger partial charge in [-0.2, -0.15) is 0 Å². The van der Waals surface area contributed by atoms with Gasteiger partial charge in [0.15, 0.2) is 0 Å². The van der Waals surface area contributed by atoms with Crippen molar-refractivity contribution in [2.24, 2.45) is 17.3 Å². The molecule has 118 valence electrons. The fraction of sp³-hybridized carbons (Fsp3) is 0.941. The van der Waals surface area contributed by atoms with Crippen molar-refractivity contribution in [1.82, 2.24) is 10.6 Å². The van der Waals surface area contributed by atoms with Crippen molar-refractivity contribution in [3.8, 4) is 0 Å². The van der Waals surface area contributed by atoms with Crippen LogP contribution in [0.15, 0.2) is 0 Å². The van der Waals surface area contributed by atoms with Crippen LogP contribution in [0, 0.1) is 17.3 Å². The zero-order valence-electron chi connectivity index (χ0n) is 12.9. The Morgan fingerprint density at radius 3 is 3.05 bits per heavy atom. The van der Waals surface area contributed by atoms with Crippen molar-refractivity contribution in [2.75, 3.05) is 19.7 Å². The van der Waals surface area contributed by atoms with Gasteiger partial charge >= 0.3 is 0 Å². The van der Waals surface area contributed by atoms with E-state index in [1.165, 1.54) is 32.1 Å². The molecule has 0 aromatic carbocycles. The summed E-state index contributed by atoms with van der Waals surface area (Å²) in [5.74, 6) is 1.47. The molecule has 2 aliphatic heterocycles. The Labute approximate surface area is 127 Å². The summed E-state index contributed by atoms with van der Waals surface area (Å²) < 4.78 is 5.84. The van der Waals surface area contributed by atoms with E-state index in [1.54, 1.807) is 0 Å². The summed E-state index contributed by atoms with van der Waals surface area (Å²) >= 11 is 0. The van der Waals surface area contributed by atoms with E-state index in [4.69, 9.17) is 4.74 Å². The van der Waals surface area contributed by atoms with Gasteiger partial charge in [0.05, 0.1) is 11.5 Å². The maximum absolute atomic E-state index is 13.1. The molecule has 4 fully saturated rings. The Bertz CT molecular complexity index is 414. The summed E-state index contributed by atoms with van der Waals surface area (Å²) in [7, 11) is 0. The molecule has 0 spiro atoms. The number of amides is 1. The lowest BCUT2D eigenvalue weighted by molar-refractivity contribution is -0.135. The van der Waals surface area contributed by atoms with Crippen LogP contribution in [0.5, 0.6) is 0 Å². The molecule has 0 aromatic rings. The van der Waals surface area contributed by atoms with Crippen LogP contribution in [0.4, 0.5) is 0 Å². The van der Waals surface area contributed by atoms with Crippen LogP contribution in [0.25, 0.3) is 0 Å². The van der Waals surface area contributed by atoms with Gasteiger partial charge in [-0.15, -0.1) is 0 Å². The van der Waals surface area contributed by atoms with Crippen LogP contribution in [-0.4, -0.2) is 37.7 Å². The minimum atomic E-state index is -0.106. The summed E-state index contributed by atoms with van der Waals surface area (Å²) in [6.45, 7) is 2.81. The summed E-state index contributed by atoms with van der Waals surface area (Å²) in [4.78, 5) is 13.1. The van der Waals surface area contributed by atoms with E-state index >= 15 is 0 Å². The average Bonchev–Trinajstić information content (AvgIpc) is 3.14. The minimum Gasteiger partial charge on any atom is -0.378 e. The fourth-order valence-electron chi connectivity index (χ4n) is 5.36. The monoisotopic (exact) mass is 292 g/mol. The predicted octanol–water partition coefficient (Wildman–Crippen LogP) is 1.84. The smallest absolute Gasteiger partial charge is 0.228 e. The van der Waals surface area contributed by atoms with Gasteiger partial charge in [0.25, 0.3) is 0 Å². The molecule has 0 bridgehead atoms. The highest BCUT2D eigenvalue weighted by molar-refractivity contribution is 5.84. The Morgan fingerprint density at radius 1 is 1.14 bits per heavy atom. The van der Waals surface area contributed by atoms with E-state index in [-0.39, 0.29) is 5.41 Å². The lowest BCUT2D eigenvalue weighted by Gasteiger charge is -2.40. The van der Waals surface area contributed by atoms with E-state index in [0.29, 0.717) is 29.9 Å². The summed E-state index contributed by atoms with van der Waals surface area (Å²) in [6, 6.07) is 0.358. The Morgan fingerprint density at radius 2 is 2.10 bits per heavy atom. The lowest BCUT2D eigenvalue weighted by Crippen LogP contribution is -2.54. The van der Waals surface area contributed by atoms with Crippen molar-refractivity contribution >= 4 is 5.91 Å². The van der Waals surface area contributed by atoms with Crippen LogP contribution < -0.4 is 10.6 Å². The highest BCUT2D eigenvalue weighted by atomic mass is 16.5. The van der Waals surface area contributed by atoms with Gasteiger partial charge in [0, 0.05) is 25.1 Å². The van der Waals surface area contributed by atoms with Crippen LogP contribution in [0.3, 0.4) is 0 Å². The van der Waals surface area contributed by atoms with Crippen molar-refractivity contribution < 1.29 is 9.53 Å². The molecule has 1 amide bonds. The highest BCUT2D eigenvalue weighted by Gasteiger charge is 2.51. The molecule has 2 saturated carbocycles. The first-order valence-electron chi connectivity index (χ1n) is 8.93. The third-order valence-corrected chi connectivity index (χ3v) is 6.59. The second-order valence-electron chi connectivity index (χ2n) is 7.60. The number of carbonyl (C=O) groups is 1. The quantitative estimate of drug-likeness (QED) is 0.816. The van der Waals surface area contributed by atoms with Crippen LogP contribution in [0.1, 0.15) is 51.4 Å². The van der Waals surface area contributed by atoms with Crippen LogP contribution >= 0.6 is 0 Å². The molecular formula is C17H28N2O2. The average molecular weight is 292 g/mol. The second-order valence-corrected chi connectivity index (χ2v) is 7.60. The zero-order valence-corrected chi connectivity index (χ0v) is 12.9. The summed E-state index contributed by atoms with van der Waals surface area (Å²) in [5.41, 5.74) is -0.106. The third-order valence-electron chi connectivity index (χ3n) is 6.59. The van der Waals surface area contributed by atoms with E-state index in [9.17, 15) is 4.79 Å². The van der Waals surface area contributed by atoms with Gasteiger partial charge in [0.1, 0.15) is 0 Å². The molecule has 0 radical (unpaired) electrons. The first-order chi connectivity index (χ1) is 10.3. The number of hydrogen-bond acceptors (Lipinski definition) is 3. The predicted molar refractivity (Wildman–Crippen MR) is 80.9 cm³/mol. The fourth-order valence-corrected chi connectivity index (χ4v) is 5.36. The largest absolute Gasteiger partial charge is 0.378 e. The van der Waals surface area contributed by atoms with Gasteiger partial charge in [-0.1, -0.05) is 12.8 Å². The number of fused-ring (bicyclic) bond motifs is 2. The van der Waals surface area contributed by atoms with Gasteiger partial charge in [-0.3, -0.25) is 4.79 Å². The molecule has 0 aromatic heterocycles. The topological polar surface area (TPSA) is 50.4 Å². The molecule has 21 heavy (non-hydrogen) atoms. The number of rotatable bonds is 2. The van der Waals surface area contributed by atoms with Crippen LogP contribution in [0.2, 0.25) is 0 Å². The maximum Gasteiger partial charge on any atom is 0.228 e. The van der Waals surface area contributed by atoms with Crippen molar-refractivity contribution in [2.45, 2.75) is 63.5 Å². The number of nitrogens with one attached hydrogen (secondary N) is 2. The summed E-state index contributed by atoms with van der Waals surface area (Å²) in [6.07, 6.45) is 9.87. The first-order valence-corrected chi connectivity index (χ1v) is 8.93. The second kappa shape index (κ2) is 5.54. The van der Waals surface area contributed by atoms with E-state index < -0.39 is 0 Å². The first kappa shape index (κ1) is 14.0. The molecule has 3 unspecified atom stereocenters. The Kier molecular flexibility index (Phi) is 3.70. The SMILES string of the molecule is O=C(NC1CCCC2OCCC12)[C@@]12CCCC[C@H]1CNC2. The van der Waals surface area contributed by atoms with E-state index in [2.05, 4.69) is 10.6 Å². The molecule has 2 saturated heterocycles. The molecule has 4 rings (SSSR count). The summed E-state index contributed by atoms with van der Waals surface area (Å²) in [5, 5.41) is 6.95. The van der Waals surface area contributed by atoms with Crippen LogP contribution in [-0.2, 0) is 9.53 Å². The number of hydrogen-bond donors (Lipinski definition) is 2. The number of ether oxygens (including phenoxy) is 1. The minimum absolute atomic E-state index is 0.106. The normalized spacial score (nSPS) is 45.9. The molecule has 4 nitrogen and oxygen atoms in total. The molecular weight excluding hydrogens is 264 g/mol. The van der Waals surface area contributed by atoms with Crippen molar-refractivity contribution in [1.29, 1.82) is 0 Å². The number of carbonyl (C=O) groups excluding carboxylic acids is 1. The third kappa shape index (κ3) is 2.31. The zero-order chi connectivity index (χ0) is 14.3. The molecule has 2 aliphatic carbocycles. The van der Waals surface area contributed by atoms with Crippen molar-refractivity contribution in [3.05, 3.63) is 0 Å². The lowest BCUT2D eigenvalue weighted by atomic mass is 9.67.